The predicted molar refractivity (Wildman–Crippen MR) is 70.9 cm³/mol. The average molecular weight is 269 g/mol. The van der Waals surface area contributed by atoms with Crippen LogP contribution in [0.15, 0.2) is 18.2 Å². The summed E-state index contributed by atoms with van der Waals surface area (Å²) in [6.45, 7) is 1.39. The molecule has 4 nitrogen and oxygen atoms in total. The second kappa shape index (κ2) is 5.59. The van der Waals surface area contributed by atoms with E-state index >= 15 is 0 Å². The molecule has 1 aromatic rings. The fourth-order valence-corrected chi connectivity index (χ4v) is 2.32. The lowest BCUT2D eigenvalue weighted by molar-refractivity contribution is -0.129. The molecule has 0 radical (unpaired) electrons. The number of benzene rings is 1. The van der Waals surface area contributed by atoms with E-state index in [2.05, 4.69) is 0 Å². The Balaban J connectivity index is 2.03. The Labute approximate surface area is 112 Å². The highest BCUT2D eigenvalue weighted by Crippen LogP contribution is 2.23. The van der Waals surface area contributed by atoms with Gasteiger partial charge in [0.25, 0.3) is 0 Å². The van der Waals surface area contributed by atoms with Crippen molar-refractivity contribution >= 4 is 17.5 Å². The molecule has 0 aromatic heterocycles. The number of nitrogens with two attached hydrogens (primary N) is 1. The van der Waals surface area contributed by atoms with Gasteiger partial charge in [0.2, 0.25) is 5.91 Å². The summed E-state index contributed by atoms with van der Waals surface area (Å²) in [6, 6.07) is 5.47. The summed E-state index contributed by atoms with van der Waals surface area (Å²) in [7, 11) is 1.59. The van der Waals surface area contributed by atoms with Gasteiger partial charge in [-0.15, -0.1) is 0 Å². The van der Waals surface area contributed by atoms with Gasteiger partial charge >= 0.3 is 0 Å². The highest BCUT2D eigenvalue weighted by atomic mass is 35.5. The Morgan fingerprint density at radius 3 is 2.94 bits per heavy atom. The van der Waals surface area contributed by atoms with E-state index in [1.165, 1.54) is 0 Å². The molecule has 1 aromatic carbocycles. The average Bonchev–Trinajstić information content (AvgIpc) is 2.78. The standard InChI is InChI=1S/C13H17ClN2O2/c1-18-11-3-2-9(12(14)7-11)6-13(17)16-5-4-10(15)8-16/h2-3,7,10H,4-6,8,15H2,1H3/t10-/m0/s1. The molecule has 5 heteroatoms. The molecule has 18 heavy (non-hydrogen) atoms. The zero-order valence-corrected chi connectivity index (χ0v) is 11.1. The molecule has 2 rings (SSSR count). The summed E-state index contributed by atoms with van der Waals surface area (Å²) in [5.74, 6) is 0.773. The molecule has 1 fully saturated rings. The molecule has 1 amide bonds. The van der Waals surface area contributed by atoms with Crippen LogP contribution in [0.5, 0.6) is 5.75 Å². The molecule has 1 atom stereocenters. The Morgan fingerprint density at radius 1 is 1.61 bits per heavy atom. The molecule has 0 unspecified atom stereocenters. The van der Waals surface area contributed by atoms with Gasteiger partial charge in [-0.1, -0.05) is 17.7 Å². The first kappa shape index (κ1) is 13.2. The van der Waals surface area contributed by atoms with E-state index in [1.807, 2.05) is 12.1 Å². The second-order valence-corrected chi connectivity index (χ2v) is 4.93. The molecule has 0 spiro atoms. The van der Waals surface area contributed by atoms with Crippen molar-refractivity contribution in [3.05, 3.63) is 28.8 Å². The van der Waals surface area contributed by atoms with Gasteiger partial charge < -0.3 is 15.4 Å². The molecule has 1 aliphatic rings. The Bertz CT molecular complexity index is 451. The van der Waals surface area contributed by atoms with Crippen LogP contribution in [-0.2, 0) is 11.2 Å². The van der Waals surface area contributed by atoms with Crippen molar-refractivity contribution in [2.45, 2.75) is 18.9 Å². The maximum atomic E-state index is 12.0. The first-order valence-electron chi connectivity index (χ1n) is 5.96. The Morgan fingerprint density at radius 2 is 2.39 bits per heavy atom. The molecule has 1 heterocycles. The monoisotopic (exact) mass is 268 g/mol. The first-order chi connectivity index (χ1) is 8.60. The number of nitrogens with zero attached hydrogens (tertiary/aromatic N) is 1. The normalized spacial score (nSPS) is 19.1. The second-order valence-electron chi connectivity index (χ2n) is 4.52. The van der Waals surface area contributed by atoms with Gasteiger partial charge in [-0.05, 0) is 24.1 Å². The van der Waals surface area contributed by atoms with E-state index in [-0.39, 0.29) is 11.9 Å². The quantitative estimate of drug-likeness (QED) is 0.903. The van der Waals surface area contributed by atoms with E-state index in [0.717, 1.165) is 18.5 Å². The minimum Gasteiger partial charge on any atom is -0.497 e. The van der Waals surface area contributed by atoms with Gasteiger partial charge in [-0.3, -0.25) is 4.79 Å². The van der Waals surface area contributed by atoms with Crippen molar-refractivity contribution in [3.63, 3.8) is 0 Å². The molecule has 2 N–H and O–H groups in total. The summed E-state index contributed by atoms with van der Waals surface area (Å²) in [4.78, 5) is 13.8. The number of hydrogen-bond acceptors (Lipinski definition) is 3. The molecule has 0 saturated carbocycles. The molecule has 98 valence electrons. The molecule has 0 aliphatic carbocycles. The number of ether oxygens (including phenoxy) is 1. The summed E-state index contributed by atoms with van der Waals surface area (Å²) in [6.07, 6.45) is 1.19. The topological polar surface area (TPSA) is 55.6 Å². The minimum absolute atomic E-state index is 0.0787. The van der Waals surface area contributed by atoms with Crippen LogP contribution in [0, 0.1) is 0 Å². The number of halogens is 1. The van der Waals surface area contributed by atoms with Crippen LogP contribution < -0.4 is 10.5 Å². The number of likely N-dealkylation sites (tertiary alicyclic amines) is 1. The fourth-order valence-electron chi connectivity index (χ4n) is 2.09. The van der Waals surface area contributed by atoms with E-state index in [0.29, 0.717) is 23.7 Å². The smallest absolute Gasteiger partial charge is 0.227 e. The fraction of sp³-hybridized carbons (Fsp3) is 0.462. The van der Waals surface area contributed by atoms with Crippen molar-refractivity contribution in [1.82, 2.24) is 4.90 Å². The lowest BCUT2D eigenvalue weighted by Crippen LogP contribution is -2.32. The van der Waals surface area contributed by atoms with Gasteiger partial charge in [0.05, 0.1) is 13.5 Å². The van der Waals surface area contributed by atoms with E-state index < -0.39 is 0 Å². The van der Waals surface area contributed by atoms with Gasteiger partial charge in [-0.2, -0.15) is 0 Å². The van der Waals surface area contributed by atoms with Crippen molar-refractivity contribution < 1.29 is 9.53 Å². The SMILES string of the molecule is COc1ccc(CC(=O)N2CC[C@H](N)C2)c(Cl)c1. The molecule has 1 aliphatic heterocycles. The highest BCUT2D eigenvalue weighted by molar-refractivity contribution is 6.31. The summed E-state index contributed by atoms with van der Waals surface area (Å²) >= 11 is 6.11. The van der Waals surface area contributed by atoms with Crippen molar-refractivity contribution in [2.24, 2.45) is 5.73 Å². The van der Waals surface area contributed by atoms with Crippen LogP contribution in [0.1, 0.15) is 12.0 Å². The van der Waals surface area contributed by atoms with E-state index in [9.17, 15) is 4.79 Å². The third-order valence-electron chi connectivity index (χ3n) is 3.18. The van der Waals surface area contributed by atoms with Crippen molar-refractivity contribution in [2.75, 3.05) is 20.2 Å². The Kier molecular flexibility index (Phi) is 4.09. The lowest BCUT2D eigenvalue weighted by atomic mass is 10.1. The lowest BCUT2D eigenvalue weighted by Gasteiger charge is -2.16. The highest BCUT2D eigenvalue weighted by Gasteiger charge is 2.23. The number of hydrogen-bond donors (Lipinski definition) is 1. The number of rotatable bonds is 3. The number of amides is 1. The van der Waals surface area contributed by atoms with Gasteiger partial charge in [0.1, 0.15) is 5.75 Å². The van der Waals surface area contributed by atoms with Crippen LogP contribution in [0.2, 0.25) is 5.02 Å². The first-order valence-corrected chi connectivity index (χ1v) is 6.33. The minimum atomic E-state index is 0.0787. The van der Waals surface area contributed by atoms with Crippen molar-refractivity contribution in [1.29, 1.82) is 0 Å². The zero-order valence-electron chi connectivity index (χ0n) is 10.4. The van der Waals surface area contributed by atoms with Crippen LogP contribution >= 0.6 is 11.6 Å². The number of methoxy groups -OCH3 is 1. The molecular weight excluding hydrogens is 252 g/mol. The maximum Gasteiger partial charge on any atom is 0.227 e. The Hall–Kier alpha value is -1.26. The van der Waals surface area contributed by atoms with Crippen molar-refractivity contribution in [3.8, 4) is 5.75 Å². The van der Waals surface area contributed by atoms with Crippen LogP contribution in [-0.4, -0.2) is 37.0 Å². The third kappa shape index (κ3) is 2.94. The summed E-state index contributed by atoms with van der Waals surface area (Å²) < 4.78 is 5.07. The molecule has 1 saturated heterocycles. The van der Waals surface area contributed by atoms with Crippen LogP contribution in [0.3, 0.4) is 0 Å². The maximum absolute atomic E-state index is 12.0. The van der Waals surface area contributed by atoms with E-state index in [1.54, 1.807) is 18.1 Å². The largest absolute Gasteiger partial charge is 0.497 e. The summed E-state index contributed by atoms with van der Waals surface area (Å²) in [5.41, 5.74) is 6.61. The molecular formula is C13H17ClN2O2. The van der Waals surface area contributed by atoms with Gasteiger partial charge in [0.15, 0.2) is 0 Å². The van der Waals surface area contributed by atoms with Gasteiger partial charge in [0, 0.05) is 24.2 Å². The van der Waals surface area contributed by atoms with Crippen LogP contribution in [0.4, 0.5) is 0 Å². The summed E-state index contributed by atoms with van der Waals surface area (Å²) in [5, 5.41) is 0.561. The number of carbonyl (C=O) groups is 1. The van der Waals surface area contributed by atoms with E-state index in [4.69, 9.17) is 22.1 Å². The number of carbonyl (C=O) groups excluding carboxylic acids is 1. The van der Waals surface area contributed by atoms with Crippen LogP contribution in [0.25, 0.3) is 0 Å². The third-order valence-corrected chi connectivity index (χ3v) is 3.53. The predicted octanol–water partition coefficient (Wildman–Crippen LogP) is 1.45. The zero-order chi connectivity index (χ0) is 13.1. The van der Waals surface area contributed by atoms with Gasteiger partial charge in [-0.25, -0.2) is 0 Å². The molecule has 0 bridgehead atoms.